The summed E-state index contributed by atoms with van der Waals surface area (Å²) in [5.41, 5.74) is 4.79. The van der Waals surface area contributed by atoms with E-state index >= 15 is 0 Å². The van der Waals surface area contributed by atoms with Gasteiger partial charge in [0.2, 0.25) is 10.0 Å². The summed E-state index contributed by atoms with van der Waals surface area (Å²) in [6.07, 6.45) is 0. The van der Waals surface area contributed by atoms with Crippen molar-refractivity contribution in [2.45, 2.75) is 27.3 Å². The average Bonchev–Trinajstić information content (AvgIpc) is 3.01. The van der Waals surface area contributed by atoms with Crippen LogP contribution in [0.25, 0.3) is 22.2 Å². The zero-order valence-electron chi connectivity index (χ0n) is 16.7. The summed E-state index contributed by atoms with van der Waals surface area (Å²) < 4.78 is 34.1. The van der Waals surface area contributed by atoms with Crippen LogP contribution in [0.2, 0.25) is 0 Å². The molecule has 0 amide bonds. The number of aromatic nitrogens is 1. The molecule has 0 unspecified atom stereocenters. The van der Waals surface area contributed by atoms with Gasteiger partial charge in [-0.2, -0.15) is 0 Å². The van der Waals surface area contributed by atoms with Crippen molar-refractivity contribution < 1.29 is 13.2 Å². The lowest BCUT2D eigenvalue weighted by atomic mass is 10.1. The highest BCUT2D eigenvalue weighted by Gasteiger charge is 2.18. The molecule has 0 aliphatic heterocycles. The molecule has 0 radical (unpaired) electrons. The molecule has 0 aliphatic rings. The molecule has 0 saturated carbocycles. The van der Waals surface area contributed by atoms with E-state index in [0.717, 1.165) is 40.1 Å². The Morgan fingerprint density at radius 1 is 1.04 bits per heavy atom. The van der Waals surface area contributed by atoms with Gasteiger partial charge in [0, 0.05) is 36.3 Å². The first-order chi connectivity index (χ1) is 13.4. The molecule has 0 fully saturated rings. The minimum absolute atomic E-state index is 0.0465. The first-order valence-electron chi connectivity index (χ1n) is 9.51. The van der Waals surface area contributed by atoms with Crippen molar-refractivity contribution >= 4 is 32.3 Å². The molecule has 3 aromatic rings. The van der Waals surface area contributed by atoms with Crippen molar-refractivity contribution in [3.8, 4) is 17.0 Å². The molecule has 28 heavy (non-hydrogen) atoms. The molecule has 150 valence electrons. The Labute approximate surface area is 166 Å². The van der Waals surface area contributed by atoms with Crippen LogP contribution in [-0.4, -0.2) is 32.4 Å². The van der Waals surface area contributed by atoms with Crippen molar-refractivity contribution in [3.63, 3.8) is 0 Å². The highest BCUT2D eigenvalue weighted by molar-refractivity contribution is 7.92. The van der Waals surface area contributed by atoms with Crippen molar-refractivity contribution in [1.82, 2.24) is 4.57 Å². The zero-order valence-corrected chi connectivity index (χ0v) is 17.6. The minimum Gasteiger partial charge on any atom is -0.494 e. The van der Waals surface area contributed by atoms with Crippen LogP contribution in [0.15, 0.2) is 42.5 Å². The second kappa shape index (κ2) is 8.14. The van der Waals surface area contributed by atoms with Crippen molar-refractivity contribution in [2.75, 3.05) is 29.4 Å². The molecule has 3 rings (SSSR count). The van der Waals surface area contributed by atoms with Crippen LogP contribution in [0.3, 0.4) is 0 Å². The lowest BCUT2D eigenvalue weighted by Crippen LogP contribution is -2.14. The fourth-order valence-corrected chi connectivity index (χ4v) is 4.05. The van der Waals surface area contributed by atoms with Crippen LogP contribution in [0.5, 0.6) is 5.75 Å². The third-order valence-electron chi connectivity index (χ3n) is 4.73. The van der Waals surface area contributed by atoms with Gasteiger partial charge < -0.3 is 14.6 Å². The fourth-order valence-electron chi connectivity index (χ4n) is 3.42. The number of aryl methyl sites for hydroxylation is 1. The summed E-state index contributed by atoms with van der Waals surface area (Å²) in [7, 11) is -1.37. The number of ether oxygens (including phenoxy) is 1. The molecular weight excluding hydrogens is 374 g/mol. The minimum atomic E-state index is -3.29. The molecule has 2 N–H and O–H groups in total. The SMILES string of the molecule is CCOc1ccc2c(NC)c(-c3ccc(NS(=O)(=O)CC)cc3)n(CC)c2c1. The van der Waals surface area contributed by atoms with Crippen LogP contribution >= 0.6 is 0 Å². The standard InChI is InChI=1S/C21H27N3O3S/c1-5-24-19-14-17(27-6-2)12-13-18(19)20(22-4)21(24)15-8-10-16(11-9-15)23-28(25,26)7-3/h8-14,22-23H,5-7H2,1-4H3. The second-order valence-corrected chi connectivity index (χ2v) is 8.42. The first-order valence-corrected chi connectivity index (χ1v) is 11.2. The van der Waals surface area contributed by atoms with Crippen LogP contribution in [-0.2, 0) is 16.6 Å². The van der Waals surface area contributed by atoms with E-state index in [9.17, 15) is 8.42 Å². The van der Waals surface area contributed by atoms with Gasteiger partial charge in [0.1, 0.15) is 5.75 Å². The monoisotopic (exact) mass is 401 g/mol. The quantitative estimate of drug-likeness (QED) is 0.582. The third kappa shape index (κ3) is 3.80. The Balaban J connectivity index is 2.11. The summed E-state index contributed by atoms with van der Waals surface area (Å²) in [4.78, 5) is 0. The Hall–Kier alpha value is -2.67. The maximum absolute atomic E-state index is 11.8. The zero-order chi connectivity index (χ0) is 20.3. The molecule has 2 aromatic carbocycles. The van der Waals surface area contributed by atoms with Gasteiger partial charge >= 0.3 is 0 Å². The van der Waals surface area contributed by atoms with Crippen molar-refractivity contribution in [1.29, 1.82) is 0 Å². The number of fused-ring (bicyclic) bond motifs is 1. The smallest absolute Gasteiger partial charge is 0.232 e. The lowest BCUT2D eigenvalue weighted by Gasteiger charge is -2.12. The van der Waals surface area contributed by atoms with Gasteiger partial charge in [-0.25, -0.2) is 8.42 Å². The molecule has 1 aromatic heterocycles. The molecule has 6 nitrogen and oxygen atoms in total. The molecule has 0 saturated heterocycles. The number of nitrogens with zero attached hydrogens (tertiary/aromatic N) is 1. The number of sulfonamides is 1. The van der Waals surface area contributed by atoms with Gasteiger partial charge in [0.15, 0.2) is 0 Å². The lowest BCUT2D eigenvalue weighted by molar-refractivity contribution is 0.340. The third-order valence-corrected chi connectivity index (χ3v) is 6.03. The van der Waals surface area contributed by atoms with Crippen LogP contribution in [0.1, 0.15) is 20.8 Å². The Morgan fingerprint density at radius 3 is 2.32 bits per heavy atom. The number of rotatable bonds is 8. The summed E-state index contributed by atoms with van der Waals surface area (Å²) in [5.74, 6) is 0.894. The van der Waals surface area contributed by atoms with E-state index in [-0.39, 0.29) is 5.75 Å². The maximum atomic E-state index is 11.8. The van der Waals surface area contributed by atoms with Gasteiger partial charge in [-0.3, -0.25) is 4.72 Å². The summed E-state index contributed by atoms with van der Waals surface area (Å²) in [5, 5.41) is 4.46. The highest BCUT2D eigenvalue weighted by Crippen LogP contribution is 2.39. The predicted molar refractivity (Wildman–Crippen MR) is 117 cm³/mol. The topological polar surface area (TPSA) is 72.4 Å². The highest BCUT2D eigenvalue weighted by atomic mass is 32.2. The Bertz CT molecular complexity index is 1070. The van der Waals surface area contributed by atoms with E-state index < -0.39 is 10.0 Å². The normalized spacial score (nSPS) is 11.6. The number of nitrogens with one attached hydrogen (secondary N) is 2. The average molecular weight is 402 g/mol. The summed E-state index contributed by atoms with van der Waals surface area (Å²) in [6, 6.07) is 13.6. The van der Waals surface area contributed by atoms with E-state index in [1.807, 2.05) is 32.2 Å². The largest absolute Gasteiger partial charge is 0.494 e. The van der Waals surface area contributed by atoms with Gasteiger partial charge in [-0.15, -0.1) is 0 Å². The predicted octanol–water partition coefficient (Wildman–Crippen LogP) is 4.53. The molecule has 0 atom stereocenters. The van der Waals surface area contributed by atoms with Crippen LogP contribution < -0.4 is 14.8 Å². The van der Waals surface area contributed by atoms with Gasteiger partial charge in [-0.05, 0) is 45.0 Å². The number of anilines is 2. The summed E-state index contributed by atoms with van der Waals surface area (Å²) >= 11 is 0. The van der Waals surface area contributed by atoms with Crippen molar-refractivity contribution in [2.24, 2.45) is 0 Å². The van der Waals surface area contributed by atoms with Gasteiger partial charge in [0.05, 0.1) is 29.3 Å². The van der Waals surface area contributed by atoms with Crippen LogP contribution in [0, 0.1) is 0 Å². The molecule has 7 heteroatoms. The molecule has 0 bridgehead atoms. The van der Waals surface area contributed by atoms with Gasteiger partial charge in [0.25, 0.3) is 0 Å². The van der Waals surface area contributed by atoms with Gasteiger partial charge in [-0.1, -0.05) is 12.1 Å². The maximum Gasteiger partial charge on any atom is 0.232 e. The second-order valence-electron chi connectivity index (χ2n) is 6.41. The van der Waals surface area contributed by atoms with E-state index in [1.54, 1.807) is 19.1 Å². The van der Waals surface area contributed by atoms with E-state index in [4.69, 9.17) is 4.74 Å². The number of hydrogen-bond donors (Lipinski definition) is 2. The number of hydrogen-bond acceptors (Lipinski definition) is 4. The summed E-state index contributed by atoms with van der Waals surface area (Å²) in [6.45, 7) is 7.12. The Kier molecular flexibility index (Phi) is 5.84. The van der Waals surface area contributed by atoms with Crippen molar-refractivity contribution in [3.05, 3.63) is 42.5 Å². The van der Waals surface area contributed by atoms with E-state index in [1.165, 1.54) is 0 Å². The van der Waals surface area contributed by atoms with E-state index in [2.05, 4.69) is 33.7 Å². The van der Waals surface area contributed by atoms with Crippen LogP contribution in [0.4, 0.5) is 11.4 Å². The first kappa shape index (κ1) is 20.1. The number of benzene rings is 2. The fraction of sp³-hybridized carbons (Fsp3) is 0.333. The van der Waals surface area contributed by atoms with E-state index in [0.29, 0.717) is 12.3 Å². The molecular formula is C21H27N3O3S. The molecule has 0 aliphatic carbocycles. The molecule has 0 spiro atoms. The molecule has 1 heterocycles. The Morgan fingerprint density at radius 2 is 1.75 bits per heavy atom.